The number of para-hydroxylation sites is 6. The number of fused-ring (bicyclic) bond motifs is 24. The third kappa shape index (κ3) is 9.22. The summed E-state index contributed by atoms with van der Waals surface area (Å²) in [7, 11) is 0. The van der Waals surface area contributed by atoms with Crippen LogP contribution in [-0.4, -0.2) is 38.2 Å². The van der Waals surface area contributed by atoms with Gasteiger partial charge in [0.15, 0.2) is 5.82 Å². The summed E-state index contributed by atoms with van der Waals surface area (Å²) < 4.78 is 17.2. The maximum absolute atomic E-state index is 5.56. The minimum absolute atomic E-state index is 0.795. The minimum atomic E-state index is 0.795. The van der Waals surface area contributed by atoms with Gasteiger partial charge >= 0.3 is 0 Å². The zero-order valence-electron chi connectivity index (χ0n) is 58.5. The third-order valence-electron chi connectivity index (χ3n) is 22.4. The van der Waals surface area contributed by atoms with Crippen LogP contribution in [0.3, 0.4) is 0 Å². The summed E-state index contributed by atoms with van der Waals surface area (Å²) in [4.78, 5) is 22.9. The molecule has 12 heteroatoms. The van der Waals surface area contributed by atoms with Crippen LogP contribution < -0.4 is 0 Å². The van der Waals surface area contributed by atoms with Gasteiger partial charge in [-0.15, -0.1) is 45.3 Å². The molecule has 10 aromatic heterocycles. The van der Waals surface area contributed by atoms with E-state index in [0.29, 0.717) is 0 Å². The summed E-state index contributed by atoms with van der Waals surface area (Å²) in [5.41, 5.74) is 21.4. The lowest BCUT2D eigenvalue weighted by molar-refractivity contribution is 1.08. The molecule has 0 saturated carbocycles. The van der Waals surface area contributed by atoms with Gasteiger partial charge in [-0.05, 0) is 132 Å². The molecule has 0 unspecified atom stereocenters. The number of benzene rings is 15. The van der Waals surface area contributed by atoms with Crippen molar-refractivity contribution in [3.8, 4) is 56.4 Å². The molecule has 0 amide bonds. The number of rotatable bonds is 7. The van der Waals surface area contributed by atoms with E-state index in [-0.39, 0.29) is 0 Å². The van der Waals surface area contributed by atoms with Crippen molar-refractivity contribution in [2.24, 2.45) is 0 Å². The predicted octanol–water partition coefficient (Wildman–Crippen LogP) is 27.8. The van der Waals surface area contributed by atoms with E-state index in [1.54, 1.807) is 22.7 Å². The Labute approximate surface area is 643 Å². The van der Waals surface area contributed by atoms with Crippen molar-refractivity contribution in [1.82, 2.24) is 38.2 Å². The highest BCUT2D eigenvalue weighted by Gasteiger charge is 2.25. The van der Waals surface area contributed by atoms with E-state index in [0.717, 1.165) is 87.0 Å². The first-order valence-corrected chi connectivity index (χ1v) is 40.2. The summed E-state index contributed by atoms with van der Waals surface area (Å²) in [5.74, 6) is 0.795. The van der Waals surface area contributed by atoms with E-state index >= 15 is 0 Å². The first-order chi connectivity index (χ1) is 54.5. The molecule has 0 atom stereocenters. The number of nitrogens with zero attached hydrogens (tertiary/aromatic N) is 8. The Morgan fingerprint density at radius 3 is 1.25 bits per heavy atom. The molecule has 0 bridgehead atoms. The third-order valence-corrected chi connectivity index (χ3v) is 26.9. The van der Waals surface area contributed by atoms with E-state index < -0.39 is 0 Å². The van der Waals surface area contributed by atoms with E-state index in [4.69, 9.17) is 19.9 Å². The molecule has 0 aliphatic carbocycles. The van der Waals surface area contributed by atoms with Gasteiger partial charge in [0.1, 0.15) is 20.7 Å². The van der Waals surface area contributed by atoms with Gasteiger partial charge in [-0.2, -0.15) is 0 Å². The maximum Gasteiger partial charge on any atom is 0.157 e. The van der Waals surface area contributed by atoms with Crippen LogP contribution in [0.1, 0.15) is 0 Å². The van der Waals surface area contributed by atoms with E-state index in [9.17, 15) is 0 Å². The second-order valence-corrected chi connectivity index (χ2v) is 32.5. The van der Waals surface area contributed by atoms with Crippen LogP contribution in [0.4, 0.5) is 0 Å². The molecular weight excluding hydrogens is 1420 g/mol. The molecule has 110 heavy (non-hydrogen) atoms. The highest BCUT2D eigenvalue weighted by Crippen LogP contribution is 2.48. The summed E-state index contributed by atoms with van der Waals surface area (Å²) in [6, 6.07) is 119. The Hall–Kier alpha value is -13.5. The summed E-state index contributed by atoms with van der Waals surface area (Å²) in [5, 5.41) is 17.3. The summed E-state index contributed by atoms with van der Waals surface area (Å²) in [6.45, 7) is 0. The lowest BCUT2D eigenvalue weighted by atomic mass is 9.99. The quantitative estimate of drug-likeness (QED) is 0.159. The van der Waals surface area contributed by atoms with Crippen LogP contribution in [0.25, 0.3) is 225 Å². The lowest BCUT2D eigenvalue weighted by Gasteiger charge is -2.10. The molecule has 25 aromatic rings. The van der Waals surface area contributed by atoms with Crippen LogP contribution in [0.2, 0.25) is 0 Å². The van der Waals surface area contributed by atoms with Crippen molar-refractivity contribution < 1.29 is 0 Å². The molecular formula is C98H56N8S4. The van der Waals surface area contributed by atoms with E-state index in [1.165, 1.54) is 138 Å². The average Bonchev–Trinajstić information content (AvgIpc) is 1.56. The maximum atomic E-state index is 5.56. The number of hydrogen-bond acceptors (Lipinski definition) is 8. The summed E-state index contributed by atoms with van der Waals surface area (Å²) >= 11 is 7.15. The zero-order valence-corrected chi connectivity index (χ0v) is 61.8. The normalized spacial score (nSPS) is 12.2. The standard InChI is InChI=1S/C58H34N6S.C40H22N2S3/c1-3-15-35(16-4-1)61-47-23-11-7-19-38(47)42-30-44-40-21-9-13-25-49(40)63(53(44)32-51(42)61)37-27-28-55-46(29-37)57-58(65-55)59-34-56(60-57)64-50-26-14-10-22-41(50)45-31-43-39-20-8-12-24-48(39)62(52(43)33-54(45)64)36-17-5-2-6-18-36;1-3-18-33-26(11-1)29-15-6-13-25(38(29)43-33)23-9-5-10-24(21-23)32-22-41-40-37(42-32)36-28(14-8-20-35(36)45-40)31-17-7-16-30-27-12-2-4-19-34(27)44-39(30)31/h1-34H;1-22H. The van der Waals surface area contributed by atoms with Crippen LogP contribution >= 0.6 is 45.3 Å². The van der Waals surface area contributed by atoms with Gasteiger partial charge in [-0.3, -0.25) is 4.57 Å². The Kier molecular flexibility index (Phi) is 13.5. The van der Waals surface area contributed by atoms with Gasteiger partial charge in [-0.1, -0.05) is 212 Å². The van der Waals surface area contributed by atoms with Gasteiger partial charge in [-0.25, -0.2) is 19.9 Å². The monoisotopic (exact) mass is 1470 g/mol. The van der Waals surface area contributed by atoms with Crippen molar-refractivity contribution in [2.45, 2.75) is 0 Å². The molecule has 0 N–H and O–H groups in total. The number of hydrogen-bond donors (Lipinski definition) is 0. The Balaban J connectivity index is 0.000000138. The van der Waals surface area contributed by atoms with Crippen LogP contribution in [0, 0.1) is 0 Å². The topological polar surface area (TPSA) is 71.3 Å². The van der Waals surface area contributed by atoms with Crippen molar-refractivity contribution in [3.63, 3.8) is 0 Å². The first-order valence-electron chi connectivity index (χ1n) is 36.9. The van der Waals surface area contributed by atoms with Gasteiger partial charge in [0.2, 0.25) is 0 Å². The second kappa shape index (κ2) is 24.0. The van der Waals surface area contributed by atoms with E-state index in [2.05, 4.69) is 346 Å². The van der Waals surface area contributed by atoms with Gasteiger partial charge in [0.25, 0.3) is 0 Å². The van der Waals surface area contributed by atoms with Crippen molar-refractivity contribution in [1.29, 1.82) is 0 Å². The Morgan fingerprint density at radius 2 is 0.655 bits per heavy atom. The molecule has 0 aliphatic heterocycles. The predicted molar refractivity (Wildman–Crippen MR) is 469 cm³/mol. The molecule has 0 spiro atoms. The number of aromatic nitrogens is 8. The molecule has 0 radical (unpaired) electrons. The molecule has 10 heterocycles. The molecule has 0 saturated heterocycles. The van der Waals surface area contributed by atoms with Crippen molar-refractivity contribution >= 4 is 214 Å². The zero-order chi connectivity index (χ0) is 71.8. The highest BCUT2D eigenvalue weighted by atomic mass is 32.1. The van der Waals surface area contributed by atoms with Crippen LogP contribution in [0.5, 0.6) is 0 Å². The average molecular weight is 1470 g/mol. The fourth-order valence-electron chi connectivity index (χ4n) is 17.6. The largest absolute Gasteiger partial charge is 0.309 e. The molecule has 8 nitrogen and oxygen atoms in total. The smallest absolute Gasteiger partial charge is 0.157 e. The van der Waals surface area contributed by atoms with Gasteiger partial charge in [0, 0.05) is 132 Å². The van der Waals surface area contributed by atoms with Gasteiger partial charge in [0.05, 0.1) is 62.2 Å². The fourth-order valence-corrected chi connectivity index (χ4v) is 22.0. The van der Waals surface area contributed by atoms with Crippen LogP contribution in [0.15, 0.2) is 340 Å². The SMILES string of the molecule is c1cc(-c2cnc3sc4cccc(-c5cccc6c5sc5ccccc56)c4c3n2)cc(-c2cccc3c2sc2ccccc23)c1.c1ccc(-n2c3ccccc3c3cc4c5ccccc5n(-c5ccc6sc7ncc(-n8c9ccccc9c9cc%10c%11ccccc%11n(-c%11ccccc%11)c%10cc98)nc7c6c5)c4cc32)cc1. The minimum Gasteiger partial charge on any atom is -0.309 e. The van der Waals surface area contributed by atoms with Gasteiger partial charge < -0.3 is 13.7 Å². The number of thiophene rings is 4. The van der Waals surface area contributed by atoms with E-state index in [1.807, 2.05) is 35.1 Å². The molecule has 0 fully saturated rings. The lowest BCUT2D eigenvalue weighted by Crippen LogP contribution is -1.99. The molecule has 25 rings (SSSR count). The van der Waals surface area contributed by atoms with Crippen LogP contribution in [-0.2, 0) is 0 Å². The molecule has 0 aliphatic rings. The Morgan fingerprint density at radius 1 is 0.227 bits per heavy atom. The van der Waals surface area contributed by atoms with Crippen molar-refractivity contribution in [2.75, 3.05) is 0 Å². The second-order valence-electron chi connectivity index (χ2n) is 28.4. The highest BCUT2D eigenvalue weighted by molar-refractivity contribution is 7.27. The van der Waals surface area contributed by atoms with Crippen molar-refractivity contribution in [3.05, 3.63) is 340 Å². The molecule has 15 aromatic carbocycles. The first kappa shape index (κ1) is 61.7. The fraction of sp³-hybridized carbons (Fsp3) is 0. The Bertz CT molecular complexity index is 7900. The molecule has 512 valence electrons. The summed E-state index contributed by atoms with van der Waals surface area (Å²) in [6.07, 6.45) is 3.88.